The summed E-state index contributed by atoms with van der Waals surface area (Å²) < 4.78 is 12.6. The van der Waals surface area contributed by atoms with E-state index in [1.54, 1.807) is 6.26 Å². The highest BCUT2D eigenvalue weighted by atomic mass is 16.5. The molecule has 0 unspecified atom stereocenters. The lowest BCUT2D eigenvalue weighted by atomic mass is 9.65. The molecular weight excluding hydrogens is 408 g/mol. The minimum Gasteiger partial charge on any atom is -0.494 e. The van der Waals surface area contributed by atoms with Crippen LogP contribution in [0.5, 0.6) is 0 Å². The summed E-state index contributed by atoms with van der Waals surface area (Å²) in [5.41, 5.74) is 1.56. The lowest BCUT2D eigenvalue weighted by molar-refractivity contribution is -0.00296. The van der Waals surface area contributed by atoms with Crippen molar-refractivity contribution >= 4 is 6.21 Å². The molecular formula is C29H40N2O2. The van der Waals surface area contributed by atoms with Gasteiger partial charge in [-0.2, -0.15) is 5.10 Å². The standard InChI is InChI=1S/C29H40N2O2/c1-20-14-15-23(29(3,4)22-11-8-7-9-12-22)17-27(20)33-28-18-24(26-13-10-16-32-26)25(21(28)2)19-30-31(5)6/h7-13,16,18-21,23-25,27H,14-15,17H2,1-6H3/b30-19+/t20-,21+,23+,24+,25-,27+/m0/s1. The van der Waals surface area contributed by atoms with E-state index in [1.165, 1.54) is 18.4 Å². The van der Waals surface area contributed by atoms with Crippen LogP contribution < -0.4 is 0 Å². The van der Waals surface area contributed by atoms with Gasteiger partial charge in [-0.1, -0.05) is 58.0 Å². The van der Waals surface area contributed by atoms with Gasteiger partial charge in [0.05, 0.1) is 12.0 Å². The van der Waals surface area contributed by atoms with Gasteiger partial charge in [-0.15, -0.1) is 0 Å². The molecule has 0 bridgehead atoms. The maximum absolute atomic E-state index is 6.85. The van der Waals surface area contributed by atoms with Crippen LogP contribution in [0.25, 0.3) is 0 Å². The summed E-state index contributed by atoms with van der Waals surface area (Å²) in [5.74, 6) is 3.88. The average Bonchev–Trinajstić information content (AvgIpc) is 3.43. The highest BCUT2D eigenvalue weighted by Gasteiger charge is 2.42. The van der Waals surface area contributed by atoms with Crippen LogP contribution in [0.2, 0.25) is 0 Å². The molecule has 0 saturated heterocycles. The fourth-order valence-corrected chi connectivity index (χ4v) is 5.65. The molecule has 178 valence electrons. The van der Waals surface area contributed by atoms with Gasteiger partial charge in [0, 0.05) is 38.1 Å². The van der Waals surface area contributed by atoms with Crippen LogP contribution >= 0.6 is 0 Å². The molecule has 2 aromatic rings. The van der Waals surface area contributed by atoms with Gasteiger partial charge in [-0.25, -0.2) is 0 Å². The third-order valence-corrected chi connectivity index (χ3v) is 8.07. The molecule has 2 aliphatic carbocycles. The summed E-state index contributed by atoms with van der Waals surface area (Å²) >= 11 is 0. The number of allylic oxidation sites excluding steroid dienone is 2. The van der Waals surface area contributed by atoms with Gasteiger partial charge in [-0.05, 0) is 60.3 Å². The first kappa shape index (κ1) is 23.7. The first-order valence-electron chi connectivity index (χ1n) is 12.5. The van der Waals surface area contributed by atoms with E-state index in [9.17, 15) is 0 Å². The van der Waals surface area contributed by atoms with Crippen molar-refractivity contribution in [2.24, 2.45) is 28.8 Å². The lowest BCUT2D eigenvalue weighted by Crippen LogP contribution is -2.39. The van der Waals surface area contributed by atoms with Crippen molar-refractivity contribution < 1.29 is 9.15 Å². The van der Waals surface area contributed by atoms with E-state index in [4.69, 9.17) is 9.15 Å². The summed E-state index contributed by atoms with van der Waals surface area (Å²) in [5, 5.41) is 6.42. The molecule has 2 aliphatic rings. The Hall–Kier alpha value is -2.49. The molecule has 1 aromatic carbocycles. The summed E-state index contributed by atoms with van der Waals surface area (Å²) in [4.78, 5) is 0. The minimum absolute atomic E-state index is 0.135. The van der Waals surface area contributed by atoms with Crippen LogP contribution in [0.4, 0.5) is 0 Å². The predicted octanol–water partition coefficient (Wildman–Crippen LogP) is 6.86. The Labute approximate surface area is 199 Å². The van der Waals surface area contributed by atoms with Crippen molar-refractivity contribution in [1.29, 1.82) is 0 Å². The molecule has 4 nitrogen and oxygen atoms in total. The number of nitrogens with zero attached hydrogens (tertiary/aromatic N) is 2. The number of hydrazone groups is 1. The smallest absolute Gasteiger partial charge is 0.111 e. The fraction of sp³-hybridized carbons (Fsp3) is 0.552. The highest BCUT2D eigenvalue weighted by Crippen LogP contribution is 2.47. The largest absolute Gasteiger partial charge is 0.494 e. The Balaban J connectivity index is 1.53. The Morgan fingerprint density at radius 3 is 2.48 bits per heavy atom. The van der Waals surface area contributed by atoms with E-state index in [-0.39, 0.29) is 29.3 Å². The molecule has 4 rings (SSSR count). The molecule has 0 spiro atoms. The van der Waals surface area contributed by atoms with E-state index < -0.39 is 0 Å². The summed E-state index contributed by atoms with van der Waals surface area (Å²) in [6, 6.07) is 15.0. The van der Waals surface area contributed by atoms with E-state index >= 15 is 0 Å². The van der Waals surface area contributed by atoms with Crippen molar-refractivity contribution in [1.82, 2.24) is 5.01 Å². The SMILES string of the molecule is C[C@H]1CC[C@@H](C(C)(C)c2ccccc2)C[C@H]1OC1=C[C@@H](c2ccco2)[C@@H](/C=N/N(C)C)[C@H]1C. The van der Waals surface area contributed by atoms with Crippen molar-refractivity contribution in [2.45, 2.75) is 64.4 Å². The van der Waals surface area contributed by atoms with Gasteiger partial charge < -0.3 is 14.2 Å². The van der Waals surface area contributed by atoms with Gasteiger partial charge in [0.25, 0.3) is 0 Å². The molecule has 0 radical (unpaired) electrons. The molecule has 1 saturated carbocycles. The van der Waals surface area contributed by atoms with Crippen LogP contribution in [0.15, 0.2) is 70.1 Å². The number of hydrogen-bond donors (Lipinski definition) is 0. The normalized spacial score (nSPS) is 30.4. The number of furan rings is 1. The minimum atomic E-state index is 0.135. The maximum Gasteiger partial charge on any atom is 0.111 e. The number of benzene rings is 1. The molecule has 0 aliphatic heterocycles. The second kappa shape index (κ2) is 9.79. The number of hydrogen-bond acceptors (Lipinski definition) is 4. The third kappa shape index (κ3) is 5.05. The topological polar surface area (TPSA) is 38.0 Å². The van der Waals surface area contributed by atoms with E-state index in [0.717, 1.165) is 17.9 Å². The molecule has 0 amide bonds. The first-order chi connectivity index (χ1) is 15.8. The van der Waals surface area contributed by atoms with E-state index in [1.807, 2.05) is 25.2 Å². The van der Waals surface area contributed by atoms with Crippen molar-refractivity contribution in [3.05, 3.63) is 71.9 Å². The second-order valence-corrected chi connectivity index (χ2v) is 10.8. The Morgan fingerprint density at radius 1 is 1.06 bits per heavy atom. The summed E-state index contributed by atoms with van der Waals surface area (Å²) in [7, 11) is 3.92. The highest BCUT2D eigenvalue weighted by molar-refractivity contribution is 5.65. The third-order valence-electron chi connectivity index (χ3n) is 8.07. The molecule has 1 heterocycles. The van der Waals surface area contributed by atoms with Gasteiger partial charge in [0.15, 0.2) is 0 Å². The van der Waals surface area contributed by atoms with Crippen LogP contribution in [0.3, 0.4) is 0 Å². The zero-order valence-corrected chi connectivity index (χ0v) is 21.1. The van der Waals surface area contributed by atoms with E-state index in [0.29, 0.717) is 11.8 Å². The first-order valence-corrected chi connectivity index (χ1v) is 12.5. The number of rotatable bonds is 7. The van der Waals surface area contributed by atoms with Crippen molar-refractivity contribution in [3.63, 3.8) is 0 Å². The van der Waals surface area contributed by atoms with Crippen LogP contribution in [0, 0.1) is 23.7 Å². The van der Waals surface area contributed by atoms with Gasteiger partial charge in [0.1, 0.15) is 11.9 Å². The number of ether oxygens (including phenoxy) is 1. The average molecular weight is 449 g/mol. The molecule has 4 heteroatoms. The second-order valence-electron chi connectivity index (χ2n) is 10.8. The Morgan fingerprint density at radius 2 is 1.82 bits per heavy atom. The molecule has 0 N–H and O–H groups in total. The van der Waals surface area contributed by atoms with Crippen LogP contribution in [0.1, 0.15) is 64.2 Å². The lowest BCUT2D eigenvalue weighted by Gasteiger charge is -2.43. The maximum atomic E-state index is 6.85. The van der Waals surface area contributed by atoms with Gasteiger partial charge in [0.2, 0.25) is 0 Å². The van der Waals surface area contributed by atoms with Crippen LogP contribution in [-0.2, 0) is 10.2 Å². The predicted molar refractivity (Wildman–Crippen MR) is 135 cm³/mol. The molecule has 1 fully saturated rings. The monoisotopic (exact) mass is 448 g/mol. The molecule has 6 atom stereocenters. The van der Waals surface area contributed by atoms with Gasteiger partial charge in [-0.3, -0.25) is 0 Å². The quantitative estimate of drug-likeness (QED) is 0.343. The zero-order valence-electron chi connectivity index (χ0n) is 21.1. The molecule has 1 aromatic heterocycles. The van der Waals surface area contributed by atoms with Crippen LogP contribution in [-0.4, -0.2) is 31.4 Å². The van der Waals surface area contributed by atoms with E-state index in [2.05, 4.69) is 81.5 Å². The summed E-state index contributed by atoms with van der Waals surface area (Å²) in [6.45, 7) is 9.42. The Kier molecular flexibility index (Phi) is 7.02. The Bertz CT molecular complexity index is 945. The zero-order chi connectivity index (χ0) is 23.6. The van der Waals surface area contributed by atoms with Crippen molar-refractivity contribution in [2.75, 3.05) is 14.1 Å². The summed E-state index contributed by atoms with van der Waals surface area (Å²) in [6.07, 6.45) is 9.90. The fourth-order valence-electron chi connectivity index (χ4n) is 5.65. The van der Waals surface area contributed by atoms with Gasteiger partial charge >= 0.3 is 0 Å². The van der Waals surface area contributed by atoms with Crippen molar-refractivity contribution in [3.8, 4) is 0 Å². The molecule has 33 heavy (non-hydrogen) atoms.